The second-order valence-corrected chi connectivity index (χ2v) is 3.70. The molecule has 1 aromatic rings. The van der Waals surface area contributed by atoms with Crippen molar-refractivity contribution in [1.29, 1.82) is 0 Å². The van der Waals surface area contributed by atoms with Gasteiger partial charge in [-0.25, -0.2) is 0 Å². The topological polar surface area (TPSA) is 46.5 Å². The fraction of sp³-hybridized carbons (Fsp3) is 0.300. The number of Topliss-reactive ketones (excluding diaryl/α,β-unsaturated/α-hetero) is 1. The van der Waals surface area contributed by atoms with Gasteiger partial charge in [0.25, 0.3) is 0 Å². The number of hydrogen-bond acceptors (Lipinski definition) is 3. The van der Waals surface area contributed by atoms with Crippen molar-refractivity contribution in [3.05, 3.63) is 23.8 Å². The monoisotopic (exact) mass is 250 g/mol. The van der Waals surface area contributed by atoms with Gasteiger partial charge in [0.1, 0.15) is 0 Å². The van der Waals surface area contributed by atoms with Gasteiger partial charge >= 0.3 is 6.61 Å². The van der Waals surface area contributed by atoms with E-state index in [0.29, 0.717) is 0 Å². The molecule has 0 radical (unpaired) electrons. The molecule has 0 saturated heterocycles. The summed E-state index contributed by atoms with van der Waals surface area (Å²) in [7, 11) is 0. The summed E-state index contributed by atoms with van der Waals surface area (Å²) in [6.07, 6.45) is 0. The third-order valence-electron chi connectivity index (χ3n) is 1.82. The Bertz CT molecular complexity index is 394. The number of benzene rings is 1. The first kappa shape index (κ1) is 12.7. The Morgan fingerprint density at radius 3 is 2.56 bits per heavy atom. The van der Waals surface area contributed by atoms with E-state index in [4.69, 9.17) is 11.6 Å². The lowest BCUT2D eigenvalue weighted by Crippen LogP contribution is -2.10. The number of alkyl halides is 3. The molecular weight excluding hydrogens is 242 g/mol. The molecule has 0 bridgehead atoms. The molecule has 0 fully saturated rings. The summed E-state index contributed by atoms with van der Waals surface area (Å²) in [5.41, 5.74) is 0.140. The third kappa shape index (κ3) is 3.06. The minimum atomic E-state index is -3.03. The highest BCUT2D eigenvalue weighted by Gasteiger charge is 2.15. The molecule has 0 amide bonds. The van der Waals surface area contributed by atoms with Crippen LogP contribution in [0.4, 0.5) is 8.78 Å². The predicted molar refractivity (Wildman–Crippen MR) is 54.4 cm³/mol. The average molecular weight is 251 g/mol. The Kier molecular flexibility index (Phi) is 4.06. The number of halogens is 3. The molecular formula is C10H9ClF2O3. The van der Waals surface area contributed by atoms with Gasteiger partial charge in [0, 0.05) is 5.56 Å². The van der Waals surface area contributed by atoms with Crippen molar-refractivity contribution in [2.24, 2.45) is 0 Å². The van der Waals surface area contributed by atoms with Crippen LogP contribution in [0.3, 0.4) is 0 Å². The van der Waals surface area contributed by atoms with Gasteiger partial charge in [-0.2, -0.15) is 8.78 Å². The number of phenolic OH excluding ortho intramolecular Hbond substituents is 1. The first-order chi connectivity index (χ1) is 7.41. The summed E-state index contributed by atoms with van der Waals surface area (Å²) >= 11 is 5.56. The number of carbonyl (C=O) groups excluding carboxylic acids is 1. The minimum Gasteiger partial charge on any atom is -0.504 e. The van der Waals surface area contributed by atoms with Crippen molar-refractivity contribution in [3.63, 3.8) is 0 Å². The zero-order valence-electron chi connectivity index (χ0n) is 8.28. The molecule has 88 valence electrons. The lowest BCUT2D eigenvalue weighted by molar-refractivity contribution is -0.0512. The van der Waals surface area contributed by atoms with Gasteiger partial charge in [-0.05, 0) is 25.1 Å². The second-order valence-electron chi connectivity index (χ2n) is 3.04. The van der Waals surface area contributed by atoms with Gasteiger partial charge in [0.2, 0.25) is 0 Å². The van der Waals surface area contributed by atoms with E-state index in [2.05, 4.69) is 4.74 Å². The van der Waals surface area contributed by atoms with E-state index in [1.807, 2.05) is 0 Å². The maximum Gasteiger partial charge on any atom is 0.387 e. The number of aromatic hydroxyl groups is 1. The number of ether oxygens (including phenoxy) is 1. The van der Waals surface area contributed by atoms with Gasteiger partial charge in [-0.3, -0.25) is 4.79 Å². The van der Waals surface area contributed by atoms with Gasteiger partial charge in [0.05, 0.1) is 5.38 Å². The smallest absolute Gasteiger partial charge is 0.387 e. The van der Waals surface area contributed by atoms with E-state index < -0.39 is 23.5 Å². The van der Waals surface area contributed by atoms with Crippen LogP contribution >= 0.6 is 11.6 Å². The molecule has 0 aromatic heterocycles. The van der Waals surface area contributed by atoms with Crippen LogP contribution < -0.4 is 4.74 Å². The van der Waals surface area contributed by atoms with Crippen LogP contribution in [0.5, 0.6) is 11.5 Å². The summed E-state index contributed by atoms with van der Waals surface area (Å²) in [4.78, 5) is 11.4. The molecule has 1 rings (SSSR count). The lowest BCUT2D eigenvalue weighted by atomic mass is 10.1. The quantitative estimate of drug-likeness (QED) is 0.660. The lowest BCUT2D eigenvalue weighted by Gasteiger charge is -2.08. The van der Waals surface area contributed by atoms with E-state index in [1.54, 1.807) is 0 Å². The molecule has 3 nitrogen and oxygen atoms in total. The number of carbonyl (C=O) groups is 1. The number of phenols is 1. The van der Waals surface area contributed by atoms with E-state index in [0.717, 1.165) is 12.1 Å². The largest absolute Gasteiger partial charge is 0.504 e. The molecule has 0 aliphatic rings. The van der Waals surface area contributed by atoms with Crippen molar-refractivity contribution in [2.45, 2.75) is 18.9 Å². The zero-order chi connectivity index (χ0) is 12.3. The molecule has 0 aliphatic carbocycles. The van der Waals surface area contributed by atoms with Crippen LogP contribution in [0.1, 0.15) is 17.3 Å². The summed E-state index contributed by atoms with van der Waals surface area (Å²) in [6.45, 7) is -1.55. The fourth-order valence-corrected chi connectivity index (χ4v) is 1.22. The molecule has 6 heteroatoms. The van der Waals surface area contributed by atoms with Crippen molar-refractivity contribution in [2.75, 3.05) is 0 Å². The highest BCUT2D eigenvalue weighted by atomic mass is 35.5. The summed E-state index contributed by atoms with van der Waals surface area (Å²) in [6, 6.07) is 3.39. The number of rotatable bonds is 4. The van der Waals surface area contributed by atoms with Crippen molar-refractivity contribution in [3.8, 4) is 11.5 Å². The second kappa shape index (κ2) is 5.12. The van der Waals surface area contributed by atoms with E-state index >= 15 is 0 Å². The van der Waals surface area contributed by atoms with Crippen LogP contribution in [0.25, 0.3) is 0 Å². The molecule has 0 saturated carbocycles. The molecule has 16 heavy (non-hydrogen) atoms. The van der Waals surface area contributed by atoms with Crippen LogP contribution in [0.2, 0.25) is 0 Å². The Morgan fingerprint density at radius 2 is 2.12 bits per heavy atom. The zero-order valence-corrected chi connectivity index (χ0v) is 9.04. The van der Waals surface area contributed by atoms with Crippen LogP contribution in [0.15, 0.2) is 18.2 Å². The third-order valence-corrected chi connectivity index (χ3v) is 2.02. The van der Waals surface area contributed by atoms with Gasteiger partial charge < -0.3 is 9.84 Å². The number of hydrogen-bond donors (Lipinski definition) is 1. The summed E-state index contributed by atoms with van der Waals surface area (Å²) < 4.78 is 27.7. The maximum atomic E-state index is 11.9. The van der Waals surface area contributed by atoms with Crippen LogP contribution in [-0.2, 0) is 0 Å². The van der Waals surface area contributed by atoms with Crippen molar-refractivity contribution in [1.82, 2.24) is 0 Å². The molecule has 1 N–H and O–H groups in total. The van der Waals surface area contributed by atoms with E-state index in [1.165, 1.54) is 13.0 Å². The van der Waals surface area contributed by atoms with E-state index in [9.17, 15) is 18.7 Å². The number of ketones is 1. The summed E-state index contributed by atoms with van der Waals surface area (Å²) in [5, 5.41) is 8.57. The predicted octanol–water partition coefficient (Wildman–Crippen LogP) is 2.80. The Balaban J connectivity index is 2.95. The Hall–Kier alpha value is -1.36. The molecule has 0 heterocycles. The standard InChI is InChI=1S/C10H9ClF2O3/c1-5(11)9(15)6-2-3-8(7(14)4-6)16-10(12)13/h2-5,10,14H,1H3. The normalized spacial score (nSPS) is 12.6. The van der Waals surface area contributed by atoms with Gasteiger partial charge in [-0.1, -0.05) is 0 Å². The van der Waals surface area contributed by atoms with Crippen molar-refractivity contribution >= 4 is 17.4 Å². The van der Waals surface area contributed by atoms with E-state index in [-0.39, 0.29) is 11.3 Å². The van der Waals surface area contributed by atoms with Crippen molar-refractivity contribution < 1.29 is 23.4 Å². The van der Waals surface area contributed by atoms with Crippen LogP contribution in [0, 0.1) is 0 Å². The molecule has 1 unspecified atom stereocenters. The first-order valence-electron chi connectivity index (χ1n) is 4.38. The van der Waals surface area contributed by atoms with Crippen LogP contribution in [-0.4, -0.2) is 22.9 Å². The Morgan fingerprint density at radius 1 is 1.50 bits per heavy atom. The molecule has 1 aromatic carbocycles. The highest BCUT2D eigenvalue weighted by molar-refractivity contribution is 6.33. The molecule has 0 spiro atoms. The minimum absolute atomic E-state index is 0.140. The Labute approximate surface area is 95.6 Å². The fourth-order valence-electron chi connectivity index (χ4n) is 1.10. The SMILES string of the molecule is CC(Cl)C(=O)c1ccc(OC(F)F)c(O)c1. The van der Waals surface area contributed by atoms with Gasteiger partial charge in [0.15, 0.2) is 17.3 Å². The highest BCUT2D eigenvalue weighted by Crippen LogP contribution is 2.28. The molecule has 1 atom stereocenters. The first-order valence-corrected chi connectivity index (χ1v) is 4.81. The van der Waals surface area contributed by atoms with Gasteiger partial charge in [-0.15, -0.1) is 11.6 Å². The molecule has 0 aliphatic heterocycles. The summed E-state index contributed by atoms with van der Waals surface area (Å²) in [5.74, 6) is -1.31. The maximum absolute atomic E-state index is 11.9. The average Bonchev–Trinajstić information content (AvgIpc) is 2.19.